The molecule has 0 spiro atoms. The van der Waals surface area contributed by atoms with Gasteiger partial charge in [0, 0.05) is 17.1 Å². The molecular formula is C28H21N3O5S. The fourth-order valence-corrected chi connectivity index (χ4v) is 4.68. The maximum absolute atomic E-state index is 12.9. The molecule has 1 amide bonds. The van der Waals surface area contributed by atoms with Crippen molar-refractivity contribution in [2.24, 2.45) is 5.10 Å². The number of hydrazone groups is 1. The van der Waals surface area contributed by atoms with Crippen LogP contribution < -0.4 is 14.3 Å². The molecule has 0 radical (unpaired) electrons. The van der Waals surface area contributed by atoms with E-state index in [1.165, 1.54) is 18.3 Å². The number of para-hydroxylation sites is 2. The van der Waals surface area contributed by atoms with Crippen LogP contribution in [0.5, 0.6) is 11.5 Å². The van der Waals surface area contributed by atoms with E-state index in [-0.39, 0.29) is 17.3 Å². The lowest BCUT2D eigenvalue weighted by atomic mass is 10.1. The lowest BCUT2D eigenvalue weighted by Crippen LogP contribution is -2.24. The number of nitrogens with zero attached hydrogens (tertiary/aromatic N) is 2. The van der Waals surface area contributed by atoms with Crippen molar-refractivity contribution >= 4 is 43.9 Å². The van der Waals surface area contributed by atoms with Crippen LogP contribution in [0.2, 0.25) is 0 Å². The summed E-state index contributed by atoms with van der Waals surface area (Å²) in [6.07, 6.45) is 2.96. The normalized spacial score (nSPS) is 11.6. The van der Waals surface area contributed by atoms with Crippen molar-refractivity contribution < 1.29 is 22.1 Å². The van der Waals surface area contributed by atoms with Crippen LogP contribution in [0.1, 0.15) is 5.56 Å². The van der Waals surface area contributed by atoms with Crippen LogP contribution in [-0.2, 0) is 14.9 Å². The Bertz CT molecular complexity index is 1730. The zero-order chi connectivity index (χ0) is 25.7. The Morgan fingerprint density at radius 1 is 0.838 bits per heavy atom. The summed E-state index contributed by atoms with van der Waals surface area (Å²) in [5, 5.41) is 6.53. The van der Waals surface area contributed by atoms with Crippen LogP contribution in [0.15, 0.2) is 113 Å². The molecular weight excluding hydrogens is 490 g/mol. The molecule has 1 heterocycles. The minimum atomic E-state index is -4.10. The third kappa shape index (κ3) is 5.57. The molecule has 0 aliphatic rings. The molecule has 0 atom stereocenters. The lowest BCUT2D eigenvalue weighted by Gasteiger charge is -2.10. The Morgan fingerprint density at radius 2 is 1.57 bits per heavy atom. The smallest absolute Gasteiger partial charge is 0.339 e. The van der Waals surface area contributed by atoms with Gasteiger partial charge in [-0.15, -0.1) is 0 Å². The fraction of sp³-hybridized carbons (Fsp3) is 0.0357. The first-order valence-corrected chi connectivity index (χ1v) is 12.7. The molecule has 184 valence electrons. The fourth-order valence-electron chi connectivity index (χ4n) is 3.69. The van der Waals surface area contributed by atoms with Gasteiger partial charge in [0.05, 0.1) is 6.21 Å². The molecule has 0 aliphatic heterocycles. The highest BCUT2D eigenvalue weighted by molar-refractivity contribution is 7.87. The molecule has 5 rings (SSSR count). The Hall–Kier alpha value is -4.76. The number of carbonyl (C=O) groups is 1. The number of aromatic nitrogens is 1. The molecule has 37 heavy (non-hydrogen) atoms. The second-order valence-corrected chi connectivity index (χ2v) is 9.54. The minimum absolute atomic E-state index is 0.0336. The molecule has 1 N–H and O–H groups in total. The highest BCUT2D eigenvalue weighted by atomic mass is 32.2. The number of hydrogen-bond acceptors (Lipinski definition) is 7. The van der Waals surface area contributed by atoms with Gasteiger partial charge in [0.25, 0.3) is 5.91 Å². The molecule has 0 saturated heterocycles. The van der Waals surface area contributed by atoms with Crippen LogP contribution in [0.25, 0.3) is 21.7 Å². The van der Waals surface area contributed by atoms with Crippen molar-refractivity contribution in [3.8, 4) is 11.5 Å². The SMILES string of the molecule is O=C(COc1cccc2cccnc12)N/N=C\c1ccccc1OS(=O)(=O)c1ccc2ccccc2c1. The van der Waals surface area contributed by atoms with E-state index in [1.54, 1.807) is 42.6 Å². The van der Waals surface area contributed by atoms with Crippen LogP contribution in [0.4, 0.5) is 0 Å². The van der Waals surface area contributed by atoms with Crippen LogP contribution in [0.3, 0.4) is 0 Å². The third-order valence-electron chi connectivity index (χ3n) is 5.48. The molecule has 0 fully saturated rings. The average Bonchev–Trinajstić information content (AvgIpc) is 2.92. The number of pyridine rings is 1. The van der Waals surface area contributed by atoms with E-state index in [9.17, 15) is 13.2 Å². The number of benzene rings is 4. The molecule has 4 aromatic carbocycles. The summed E-state index contributed by atoms with van der Waals surface area (Å²) < 4.78 is 36.9. The molecule has 0 saturated carbocycles. The highest BCUT2D eigenvalue weighted by Crippen LogP contribution is 2.25. The van der Waals surface area contributed by atoms with Crippen molar-refractivity contribution in [3.63, 3.8) is 0 Å². The van der Waals surface area contributed by atoms with E-state index in [0.29, 0.717) is 16.8 Å². The Morgan fingerprint density at radius 3 is 2.46 bits per heavy atom. The van der Waals surface area contributed by atoms with Gasteiger partial charge >= 0.3 is 10.1 Å². The van der Waals surface area contributed by atoms with Gasteiger partial charge in [-0.3, -0.25) is 9.78 Å². The predicted octanol–water partition coefficient (Wildman–Crippen LogP) is 4.68. The van der Waals surface area contributed by atoms with E-state index in [4.69, 9.17) is 8.92 Å². The number of hydrogen-bond donors (Lipinski definition) is 1. The second-order valence-electron chi connectivity index (χ2n) is 8.00. The monoisotopic (exact) mass is 511 g/mol. The summed E-state index contributed by atoms with van der Waals surface area (Å²) in [7, 11) is -4.10. The van der Waals surface area contributed by atoms with E-state index in [0.717, 1.165) is 16.2 Å². The first-order chi connectivity index (χ1) is 18.0. The number of rotatable bonds is 8. The number of carbonyl (C=O) groups excluding carboxylic acids is 1. The summed E-state index contributed by atoms with van der Waals surface area (Å²) in [6.45, 7) is -0.276. The zero-order valence-electron chi connectivity index (χ0n) is 19.4. The van der Waals surface area contributed by atoms with Crippen molar-refractivity contribution in [1.29, 1.82) is 0 Å². The summed E-state index contributed by atoms with van der Waals surface area (Å²) in [5.41, 5.74) is 3.39. The first kappa shape index (κ1) is 24.0. The van der Waals surface area contributed by atoms with Crippen LogP contribution in [-0.4, -0.2) is 32.1 Å². The summed E-state index contributed by atoms with van der Waals surface area (Å²) in [5.74, 6) is 0.0629. The van der Waals surface area contributed by atoms with Gasteiger partial charge in [0.1, 0.15) is 16.2 Å². The third-order valence-corrected chi connectivity index (χ3v) is 6.71. The maximum atomic E-state index is 12.9. The average molecular weight is 512 g/mol. The highest BCUT2D eigenvalue weighted by Gasteiger charge is 2.18. The van der Waals surface area contributed by atoms with Gasteiger partial charge in [0.2, 0.25) is 0 Å². The van der Waals surface area contributed by atoms with Crippen molar-refractivity contribution in [2.75, 3.05) is 6.61 Å². The molecule has 0 bridgehead atoms. The topological polar surface area (TPSA) is 107 Å². The van der Waals surface area contributed by atoms with Gasteiger partial charge in [-0.1, -0.05) is 60.7 Å². The molecule has 1 aromatic heterocycles. The van der Waals surface area contributed by atoms with Gasteiger partial charge in [-0.05, 0) is 47.2 Å². The van der Waals surface area contributed by atoms with E-state index < -0.39 is 16.0 Å². The molecule has 0 aliphatic carbocycles. The minimum Gasteiger partial charge on any atom is -0.481 e. The molecule has 9 heteroatoms. The van der Waals surface area contributed by atoms with Gasteiger partial charge < -0.3 is 8.92 Å². The molecule has 5 aromatic rings. The van der Waals surface area contributed by atoms with Gasteiger partial charge in [-0.25, -0.2) is 5.43 Å². The largest absolute Gasteiger partial charge is 0.481 e. The van der Waals surface area contributed by atoms with E-state index >= 15 is 0 Å². The summed E-state index contributed by atoms with van der Waals surface area (Å²) in [6, 6.07) is 27.9. The quantitative estimate of drug-likeness (QED) is 0.184. The van der Waals surface area contributed by atoms with Gasteiger partial charge in [0.15, 0.2) is 12.4 Å². The molecule has 0 unspecified atom stereocenters. The van der Waals surface area contributed by atoms with Crippen molar-refractivity contribution in [1.82, 2.24) is 10.4 Å². The van der Waals surface area contributed by atoms with E-state index in [1.807, 2.05) is 48.5 Å². The summed E-state index contributed by atoms with van der Waals surface area (Å²) >= 11 is 0. The lowest BCUT2D eigenvalue weighted by molar-refractivity contribution is -0.123. The maximum Gasteiger partial charge on any atom is 0.339 e. The van der Waals surface area contributed by atoms with Crippen LogP contribution >= 0.6 is 0 Å². The number of ether oxygens (including phenoxy) is 1. The first-order valence-electron chi connectivity index (χ1n) is 11.3. The predicted molar refractivity (Wildman–Crippen MR) is 141 cm³/mol. The number of amides is 1. The Balaban J connectivity index is 1.25. The number of nitrogens with one attached hydrogen (secondary N) is 1. The van der Waals surface area contributed by atoms with E-state index in [2.05, 4.69) is 15.5 Å². The summed E-state index contributed by atoms with van der Waals surface area (Å²) in [4.78, 5) is 16.6. The number of fused-ring (bicyclic) bond motifs is 2. The van der Waals surface area contributed by atoms with Crippen molar-refractivity contribution in [2.45, 2.75) is 4.90 Å². The standard InChI is InChI=1S/C28H21N3O5S/c32-27(19-35-26-13-5-10-21-11-6-16-29-28(21)26)31-30-18-23-9-3-4-12-25(23)36-37(33,34)24-15-14-20-7-1-2-8-22(20)17-24/h1-18H,19H2,(H,31,32)/b30-18-. The second kappa shape index (κ2) is 10.5. The molecule has 8 nitrogen and oxygen atoms in total. The Kier molecular flexibility index (Phi) is 6.78. The zero-order valence-corrected chi connectivity index (χ0v) is 20.3. The Labute approximate surface area is 213 Å². The van der Waals surface area contributed by atoms with Crippen molar-refractivity contribution in [3.05, 3.63) is 109 Å². The van der Waals surface area contributed by atoms with Crippen LogP contribution in [0, 0.1) is 0 Å². The van der Waals surface area contributed by atoms with Gasteiger partial charge in [-0.2, -0.15) is 13.5 Å².